The summed E-state index contributed by atoms with van der Waals surface area (Å²) in [7, 11) is 0. The number of aliphatic carboxylic acids is 1. The van der Waals surface area contributed by atoms with Gasteiger partial charge in [0.25, 0.3) is 0 Å². The third-order valence-corrected chi connectivity index (χ3v) is 3.15. The van der Waals surface area contributed by atoms with Crippen LogP contribution in [-0.2, 0) is 23.9 Å². The van der Waals surface area contributed by atoms with E-state index in [2.05, 4.69) is 31.4 Å². The van der Waals surface area contributed by atoms with E-state index in [1.165, 1.54) is 6.92 Å². The molecule has 0 atom stereocenters. The van der Waals surface area contributed by atoms with Crippen molar-refractivity contribution >= 4 is 24.0 Å². The van der Waals surface area contributed by atoms with Crippen LogP contribution < -0.4 is 0 Å². The summed E-state index contributed by atoms with van der Waals surface area (Å²) < 4.78 is 9.36. The number of aliphatic hydroxyl groups is 1. The summed E-state index contributed by atoms with van der Waals surface area (Å²) in [5, 5.41) is 16.2. The molecule has 0 spiro atoms. The number of hydrogen-bond donors (Lipinski definition) is 2. The molecular weight excluding hydrogens is 400 g/mol. The van der Waals surface area contributed by atoms with Crippen LogP contribution in [0.3, 0.4) is 0 Å². The van der Waals surface area contributed by atoms with Crippen LogP contribution >= 0.6 is 0 Å². The zero-order chi connectivity index (χ0) is 24.2. The second kappa shape index (κ2) is 18.4. The van der Waals surface area contributed by atoms with Gasteiger partial charge in [0.05, 0.1) is 18.8 Å². The van der Waals surface area contributed by atoms with E-state index in [4.69, 9.17) is 14.9 Å². The van der Waals surface area contributed by atoms with E-state index in [-0.39, 0.29) is 18.1 Å². The maximum absolute atomic E-state index is 11.5. The summed E-state index contributed by atoms with van der Waals surface area (Å²) in [5.74, 6) is -2.58. The zero-order valence-corrected chi connectivity index (χ0v) is 18.4. The molecule has 7 heteroatoms. The predicted octanol–water partition coefficient (Wildman–Crippen LogP) is 4.87. The molecule has 0 heterocycles. The maximum Gasteiger partial charge on any atom is 0.372 e. The third kappa shape index (κ3) is 18.2. The van der Waals surface area contributed by atoms with E-state index >= 15 is 0 Å². The number of carbonyl (C=O) groups is 3. The minimum Gasteiger partial charge on any atom is -0.502 e. The molecule has 170 valence electrons. The number of benzene rings is 1. The summed E-state index contributed by atoms with van der Waals surface area (Å²) in [6.07, 6.45) is 5.44. The molecule has 0 aromatic heterocycles. The van der Waals surface area contributed by atoms with Gasteiger partial charge in [0.15, 0.2) is 5.76 Å². The fraction of sp³-hybridized carbons (Fsp3) is 0.292. The Bertz CT molecular complexity index is 749. The second-order valence-corrected chi connectivity index (χ2v) is 6.01. The molecule has 0 unspecified atom stereocenters. The minimum atomic E-state index is -0.935. The Morgan fingerprint density at radius 3 is 1.90 bits per heavy atom. The lowest BCUT2D eigenvalue weighted by molar-refractivity contribution is -0.141. The van der Waals surface area contributed by atoms with Crippen LogP contribution in [-0.4, -0.2) is 41.3 Å². The number of aliphatic hydroxyl groups excluding tert-OH is 1. The molecular formula is C24H32O7. The number of carboxylic acid groups (broad SMARTS) is 1. The Hall–Kier alpha value is -3.61. The van der Waals surface area contributed by atoms with Crippen molar-refractivity contribution in [2.24, 2.45) is 0 Å². The van der Waals surface area contributed by atoms with Gasteiger partial charge < -0.3 is 19.7 Å². The average molecular weight is 433 g/mol. The first-order valence-electron chi connectivity index (χ1n) is 9.59. The van der Waals surface area contributed by atoms with Crippen molar-refractivity contribution in [3.05, 3.63) is 78.6 Å². The van der Waals surface area contributed by atoms with Crippen molar-refractivity contribution in [3.63, 3.8) is 0 Å². The molecule has 31 heavy (non-hydrogen) atoms. The molecule has 0 amide bonds. The van der Waals surface area contributed by atoms with Gasteiger partial charge in [-0.15, -0.1) is 0 Å². The molecule has 1 aromatic carbocycles. The number of unbranched alkanes of at least 4 members (excludes halogenated alkanes) is 1. The highest BCUT2D eigenvalue weighted by Crippen LogP contribution is 2.05. The number of esters is 2. The number of carbonyl (C=O) groups excluding carboxylic acids is 2. The summed E-state index contributed by atoms with van der Waals surface area (Å²) in [6, 6.07) is 9.77. The van der Waals surface area contributed by atoms with E-state index in [0.29, 0.717) is 12.2 Å². The lowest BCUT2D eigenvalue weighted by atomic mass is 10.2. The fourth-order valence-electron chi connectivity index (χ4n) is 1.45. The van der Waals surface area contributed by atoms with Crippen LogP contribution in [0.2, 0.25) is 0 Å². The van der Waals surface area contributed by atoms with Crippen molar-refractivity contribution in [3.8, 4) is 0 Å². The van der Waals surface area contributed by atoms with Gasteiger partial charge >= 0.3 is 17.9 Å². The molecule has 0 radical (unpaired) electrons. The lowest BCUT2D eigenvalue weighted by Crippen LogP contribution is -2.06. The van der Waals surface area contributed by atoms with Gasteiger partial charge in [-0.2, -0.15) is 0 Å². The molecule has 0 bridgehead atoms. The van der Waals surface area contributed by atoms with Gasteiger partial charge in [-0.05, 0) is 38.5 Å². The van der Waals surface area contributed by atoms with Gasteiger partial charge in [0, 0.05) is 5.57 Å². The molecule has 1 aromatic rings. The number of carboxylic acids is 1. The van der Waals surface area contributed by atoms with Crippen LogP contribution in [0, 0.1) is 0 Å². The number of ether oxygens (including phenoxy) is 2. The maximum atomic E-state index is 11.5. The number of rotatable bonds is 9. The smallest absolute Gasteiger partial charge is 0.372 e. The molecule has 0 aliphatic rings. The Labute approximate surface area is 184 Å². The monoisotopic (exact) mass is 432 g/mol. The Morgan fingerprint density at radius 1 is 0.968 bits per heavy atom. The molecule has 1 rings (SSSR count). The molecule has 0 aliphatic carbocycles. The van der Waals surface area contributed by atoms with E-state index < -0.39 is 17.7 Å². The standard InChI is InChI=1S/C15H18O2.C5H8O3.C4H6O2/c1-3-4-12-17-15(16)13(2)10-11-14-8-6-5-7-9-14;1-3-8-5(7)4(2)6;1-3(2)4(5)6/h5-11H,2-4,12H2,1H3;6H,2-3H2,1H3;1H2,2H3,(H,5,6). The van der Waals surface area contributed by atoms with Crippen LogP contribution in [0.1, 0.15) is 39.2 Å². The Balaban J connectivity index is 0. The van der Waals surface area contributed by atoms with Gasteiger partial charge in [-0.25, -0.2) is 14.4 Å². The van der Waals surface area contributed by atoms with E-state index in [1.54, 1.807) is 13.0 Å². The molecule has 7 nitrogen and oxygen atoms in total. The Morgan fingerprint density at radius 2 is 1.52 bits per heavy atom. The van der Waals surface area contributed by atoms with Crippen LogP contribution in [0.15, 0.2) is 73.1 Å². The van der Waals surface area contributed by atoms with Crippen LogP contribution in [0.25, 0.3) is 6.08 Å². The first-order valence-corrected chi connectivity index (χ1v) is 9.59. The van der Waals surface area contributed by atoms with Gasteiger partial charge in [0.1, 0.15) is 0 Å². The second-order valence-electron chi connectivity index (χ2n) is 6.01. The quantitative estimate of drug-likeness (QED) is 0.188. The average Bonchev–Trinajstić information content (AvgIpc) is 2.73. The SMILES string of the molecule is C=C(C)C(=O)O.C=C(C=Cc1ccccc1)C(=O)OCCCC.C=C(O)C(=O)OCC. The van der Waals surface area contributed by atoms with Gasteiger partial charge in [-0.1, -0.05) is 62.9 Å². The van der Waals surface area contributed by atoms with Crippen molar-refractivity contribution in [2.45, 2.75) is 33.6 Å². The highest BCUT2D eigenvalue weighted by atomic mass is 16.5. The summed E-state index contributed by atoms with van der Waals surface area (Å²) >= 11 is 0. The first-order chi connectivity index (χ1) is 14.6. The van der Waals surface area contributed by atoms with Crippen molar-refractivity contribution in [1.82, 2.24) is 0 Å². The summed E-state index contributed by atoms with van der Waals surface area (Å²) in [6.45, 7) is 15.7. The summed E-state index contributed by atoms with van der Waals surface area (Å²) in [5.41, 5.74) is 1.59. The predicted molar refractivity (Wildman–Crippen MR) is 121 cm³/mol. The van der Waals surface area contributed by atoms with Gasteiger partial charge in [-0.3, -0.25) is 0 Å². The van der Waals surface area contributed by atoms with Crippen LogP contribution in [0.4, 0.5) is 0 Å². The van der Waals surface area contributed by atoms with E-state index in [1.807, 2.05) is 36.4 Å². The van der Waals surface area contributed by atoms with Crippen LogP contribution in [0.5, 0.6) is 0 Å². The fourth-order valence-corrected chi connectivity index (χ4v) is 1.45. The molecule has 2 N–H and O–H groups in total. The largest absolute Gasteiger partial charge is 0.502 e. The summed E-state index contributed by atoms with van der Waals surface area (Å²) in [4.78, 5) is 31.2. The van der Waals surface area contributed by atoms with Gasteiger partial charge in [0.2, 0.25) is 0 Å². The highest BCUT2D eigenvalue weighted by molar-refractivity contribution is 5.92. The van der Waals surface area contributed by atoms with Crippen molar-refractivity contribution in [2.75, 3.05) is 13.2 Å². The Kier molecular flexibility index (Phi) is 17.6. The highest BCUT2D eigenvalue weighted by Gasteiger charge is 2.04. The zero-order valence-electron chi connectivity index (χ0n) is 18.4. The normalized spacial score (nSPS) is 9.26. The molecule has 0 saturated carbocycles. The minimum absolute atomic E-state index is 0.176. The molecule has 0 fully saturated rings. The number of hydrogen-bond acceptors (Lipinski definition) is 6. The first kappa shape index (κ1) is 29.6. The third-order valence-electron chi connectivity index (χ3n) is 3.15. The van der Waals surface area contributed by atoms with E-state index in [9.17, 15) is 14.4 Å². The molecule has 0 saturated heterocycles. The topological polar surface area (TPSA) is 110 Å². The van der Waals surface area contributed by atoms with Crippen molar-refractivity contribution < 1.29 is 34.1 Å². The molecule has 0 aliphatic heterocycles. The van der Waals surface area contributed by atoms with E-state index in [0.717, 1.165) is 18.4 Å². The lowest BCUT2D eigenvalue weighted by Gasteiger charge is -2.02. The van der Waals surface area contributed by atoms with Crippen molar-refractivity contribution in [1.29, 1.82) is 0 Å².